The summed E-state index contributed by atoms with van der Waals surface area (Å²) in [6.07, 6.45) is 7.02. The Morgan fingerprint density at radius 1 is 1.31 bits per heavy atom. The molecule has 3 rings (SSSR count). The molecule has 2 aliphatic heterocycles. The lowest BCUT2D eigenvalue weighted by molar-refractivity contribution is -0.181. The zero-order valence-electron chi connectivity index (χ0n) is 16.2. The van der Waals surface area contributed by atoms with Gasteiger partial charge in [0.2, 0.25) is 6.29 Å². The number of aliphatic hydroxyl groups excluding tert-OH is 1. The van der Waals surface area contributed by atoms with Gasteiger partial charge in [0.25, 0.3) is 5.91 Å². The summed E-state index contributed by atoms with van der Waals surface area (Å²) in [5.74, 6) is 1.63. The Bertz CT molecular complexity index is 498. The average molecular weight is 367 g/mol. The normalized spacial score (nSPS) is 30.5. The van der Waals surface area contributed by atoms with E-state index in [1.54, 1.807) is 0 Å². The highest BCUT2D eigenvalue weighted by molar-refractivity contribution is 5.91. The number of carbonyl (C=O) groups excluding carboxylic acids is 1. The molecule has 1 aliphatic carbocycles. The third kappa shape index (κ3) is 4.41. The molecule has 148 valence electrons. The van der Waals surface area contributed by atoms with Gasteiger partial charge in [0.15, 0.2) is 5.76 Å². The molecule has 3 atom stereocenters. The van der Waals surface area contributed by atoms with Gasteiger partial charge in [-0.05, 0) is 57.6 Å². The van der Waals surface area contributed by atoms with E-state index in [0.29, 0.717) is 24.2 Å². The number of likely N-dealkylation sites (N-methyl/N-ethyl adjacent to an activating group) is 1. The molecule has 0 bridgehead atoms. The van der Waals surface area contributed by atoms with Crippen molar-refractivity contribution in [3.05, 3.63) is 11.8 Å². The van der Waals surface area contributed by atoms with Crippen LogP contribution >= 0.6 is 0 Å². The zero-order chi connectivity index (χ0) is 18.5. The Hall–Kier alpha value is -1.11. The van der Waals surface area contributed by atoms with Crippen LogP contribution in [0.4, 0.5) is 0 Å². The Morgan fingerprint density at radius 2 is 2.04 bits per heavy atom. The number of piperazine rings is 1. The van der Waals surface area contributed by atoms with E-state index in [0.717, 1.165) is 39.0 Å². The van der Waals surface area contributed by atoms with Gasteiger partial charge in [-0.3, -0.25) is 4.79 Å². The number of nitrogens with zero attached hydrogens (tertiary/aromatic N) is 2. The Labute approximate surface area is 157 Å². The maximum absolute atomic E-state index is 13.0. The molecule has 0 aromatic heterocycles. The largest absolute Gasteiger partial charge is 0.459 e. The van der Waals surface area contributed by atoms with Gasteiger partial charge in [0.05, 0.1) is 0 Å². The summed E-state index contributed by atoms with van der Waals surface area (Å²) in [5, 5.41) is 9.28. The van der Waals surface area contributed by atoms with Crippen LogP contribution in [0, 0.1) is 17.8 Å². The van der Waals surface area contributed by atoms with Crippen LogP contribution in [-0.4, -0.2) is 73.5 Å². The fourth-order valence-corrected chi connectivity index (χ4v) is 4.31. The number of hydrogen-bond acceptors (Lipinski definition) is 5. The first kappa shape index (κ1) is 19.6. The minimum atomic E-state index is -0.381. The summed E-state index contributed by atoms with van der Waals surface area (Å²) in [7, 11) is 2.09. The second-order valence-corrected chi connectivity index (χ2v) is 7.87. The molecule has 3 aliphatic rings. The topological polar surface area (TPSA) is 62.2 Å². The molecule has 1 amide bonds. The number of allylic oxidation sites excluding steroid dienone is 1. The fourth-order valence-electron chi connectivity index (χ4n) is 4.31. The first-order chi connectivity index (χ1) is 12.6. The number of carbonyl (C=O) groups is 1. The van der Waals surface area contributed by atoms with Gasteiger partial charge < -0.3 is 24.4 Å². The van der Waals surface area contributed by atoms with Crippen molar-refractivity contribution >= 4 is 5.91 Å². The Balaban J connectivity index is 1.77. The van der Waals surface area contributed by atoms with Crippen molar-refractivity contribution in [2.24, 2.45) is 17.8 Å². The molecule has 0 radical (unpaired) electrons. The maximum Gasteiger partial charge on any atom is 0.288 e. The zero-order valence-corrected chi connectivity index (χ0v) is 16.2. The van der Waals surface area contributed by atoms with Crippen LogP contribution in [0.2, 0.25) is 0 Å². The summed E-state index contributed by atoms with van der Waals surface area (Å²) < 4.78 is 12.0. The first-order valence-electron chi connectivity index (χ1n) is 10.2. The van der Waals surface area contributed by atoms with Crippen molar-refractivity contribution in [3.63, 3.8) is 0 Å². The van der Waals surface area contributed by atoms with E-state index in [1.807, 2.05) is 11.8 Å². The van der Waals surface area contributed by atoms with Crippen LogP contribution in [0.15, 0.2) is 11.8 Å². The van der Waals surface area contributed by atoms with Gasteiger partial charge in [-0.25, -0.2) is 0 Å². The molecule has 0 aromatic rings. The lowest BCUT2D eigenvalue weighted by atomic mass is 9.68. The lowest BCUT2D eigenvalue weighted by Gasteiger charge is -2.44. The minimum Gasteiger partial charge on any atom is -0.459 e. The Kier molecular flexibility index (Phi) is 6.95. The summed E-state index contributed by atoms with van der Waals surface area (Å²) in [4.78, 5) is 17.2. The van der Waals surface area contributed by atoms with Crippen molar-refractivity contribution in [3.8, 4) is 0 Å². The molecule has 26 heavy (non-hydrogen) atoms. The minimum absolute atomic E-state index is 0.00716. The van der Waals surface area contributed by atoms with Crippen LogP contribution in [0.5, 0.6) is 0 Å². The summed E-state index contributed by atoms with van der Waals surface area (Å²) in [6, 6.07) is 0. The van der Waals surface area contributed by atoms with Crippen LogP contribution in [0.3, 0.4) is 0 Å². The van der Waals surface area contributed by atoms with Gasteiger partial charge in [-0.2, -0.15) is 0 Å². The third-order valence-electron chi connectivity index (χ3n) is 6.15. The molecule has 1 saturated carbocycles. The van der Waals surface area contributed by atoms with E-state index in [2.05, 4.69) is 18.0 Å². The van der Waals surface area contributed by atoms with Crippen LogP contribution < -0.4 is 0 Å². The SMILES string of the molecule is CCO[C@H]1OC(C(=O)N2CCN(C)CC2)=C[C@@H](C2CCC2)[C@@H]1CCCO. The summed E-state index contributed by atoms with van der Waals surface area (Å²) in [6.45, 7) is 6.01. The van der Waals surface area contributed by atoms with E-state index < -0.39 is 0 Å². The highest BCUT2D eigenvalue weighted by Gasteiger charge is 2.42. The highest BCUT2D eigenvalue weighted by Crippen LogP contribution is 2.44. The number of amides is 1. The third-order valence-corrected chi connectivity index (χ3v) is 6.15. The van der Waals surface area contributed by atoms with Gasteiger partial charge in [-0.15, -0.1) is 0 Å². The number of rotatable bonds is 7. The molecule has 6 nitrogen and oxygen atoms in total. The molecule has 6 heteroatoms. The van der Waals surface area contributed by atoms with Crippen molar-refractivity contribution < 1.29 is 19.4 Å². The van der Waals surface area contributed by atoms with Crippen LogP contribution in [0.1, 0.15) is 39.0 Å². The van der Waals surface area contributed by atoms with E-state index in [1.165, 1.54) is 19.3 Å². The summed E-state index contributed by atoms with van der Waals surface area (Å²) in [5.41, 5.74) is 0. The second-order valence-electron chi connectivity index (χ2n) is 7.87. The first-order valence-corrected chi connectivity index (χ1v) is 10.2. The molecule has 0 spiro atoms. The standard InChI is InChI=1S/C20H34N2O4/c1-3-25-20-16(8-5-13-23)17(15-6-4-7-15)14-18(26-20)19(24)22-11-9-21(2)10-12-22/h14-17,20,23H,3-13H2,1-2H3/t16-,17-,20-/m0/s1. The molecule has 1 N–H and O–H groups in total. The molecule has 0 unspecified atom stereocenters. The smallest absolute Gasteiger partial charge is 0.288 e. The molecular formula is C20H34N2O4. The number of aliphatic hydroxyl groups is 1. The van der Waals surface area contributed by atoms with Gasteiger partial charge >= 0.3 is 0 Å². The highest BCUT2D eigenvalue weighted by atomic mass is 16.7. The number of ether oxygens (including phenoxy) is 2. The quantitative estimate of drug-likeness (QED) is 0.745. The monoisotopic (exact) mass is 366 g/mol. The Morgan fingerprint density at radius 3 is 2.62 bits per heavy atom. The van der Waals surface area contributed by atoms with Gasteiger partial charge in [-0.1, -0.05) is 6.42 Å². The van der Waals surface area contributed by atoms with Crippen molar-refractivity contribution in [1.29, 1.82) is 0 Å². The van der Waals surface area contributed by atoms with Crippen LogP contribution in [0.25, 0.3) is 0 Å². The van der Waals surface area contributed by atoms with E-state index in [4.69, 9.17) is 9.47 Å². The molecule has 2 fully saturated rings. The van der Waals surface area contributed by atoms with Gasteiger partial charge in [0, 0.05) is 45.3 Å². The predicted octanol–water partition coefficient (Wildman–Crippen LogP) is 1.84. The van der Waals surface area contributed by atoms with Gasteiger partial charge in [0.1, 0.15) is 0 Å². The molecule has 2 heterocycles. The van der Waals surface area contributed by atoms with Crippen molar-refractivity contribution in [1.82, 2.24) is 9.80 Å². The van der Waals surface area contributed by atoms with E-state index in [9.17, 15) is 9.90 Å². The average Bonchev–Trinajstić information content (AvgIpc) is 2.59. The molecule has 1 saturated heterocycles. The van der Waals surface area contributed by atoms with Crippen molar-refractivity contribution in [2.45, 2.75) is 45.3 Å². The fraction of sp³-hybridized carbons (Fsp3) is 0.850. The van der Waals surface area contributed by atoms with E-state index in [-0.39, 0.29) is 24.7 Å². The molecule has 0 aromatic carbocycles. The number of hydrogen-bond donors (Lipinski definition) is 1. The predicted molar refractivity (Wildman–Crippen MR) is 99.3 cm³/mol. The van der Waals surface area contributed by atoms with Crippen molar-refractivity contribution in [2.75, 3.05) is 46.4 Å². The molecular weight excluding hydrogens is 332 g/mol. The lowest BCUT2D eigenvalue weighted by Crippen LogP contribution is -2.49. The summed E-state index contributed by atoms with van der Waals surface area (Å²) >= 11 is 0. The second kappa shape index (κ2) is 9.20. The van der Waals surface area contributed by atoms with Crippen LogP contribution in [-0.2, 0) is 14.3 Å². The maximum atomic E-state index is 13.0. The van der Waals surface area contributed by atoms with E-state index >= 15 is 0 Å².